The van der Waals surface area contributed by atoms with Crippen molar-refractivity contribution in [3.8, 4) is 22.9 Å². The van der Waals surface area contributed by atoms with E-state index in [4.69, 9.17) is 0 Å². The van der Waals surface area contributed by atoms with Crippen LogP contribution in [0.2, 0.25) is 0 Å². The molecule has 0 aliphatic heterocycles. The topological polar surface area (TPSA) is 41.1 Å². The van der Waals surface area contributed by atoms with Gasteiger partial charge in [0, 0.05) is 22.0 Å². The van der Waals surface area contributed by atoms with Gasteiger partial charge in [0.2, 0.25) is 0 Å². The fourth-order valence-corrected chi connectivity index (χ4v) is 8.44. The number of hydrogen-bond acceptors (Lipinski definition) is 2. The molecule has 9 aromatic carbocycles. The highest BCUT2D eigenvalue weighted by atomic mass is 15.0. The standard InChI is InChI=1S/C51H33N3/c1-32(37-21-25-44-43-22-16-33(31-52)29-48(43)54(49(44)30-37)38-11-4-3-5-12-38)15-28-47(53-2)42-24-18-36-19-26-45-41(23-17-35-20-27-46(42)51(36)50(35)45)40-14-8-10-34-9-6-7-13-39(34)40/h3-30H,2H2,1H3/b32-15+,47-28-. The summed E-state index contributed by atoms with van der Waals surface area (Å²) in [6.45, 7) is 6.17. The second kappa shape index (κ2) is 12.4. The van der Waals surface area contributed by atoms with Crippen molar-refractivity contribution in [1.82, 2.24) is 4.57 Å². The van der Waals surface area contributed by atoms with E-state index in [1.807, 2.05) is 30.3 Å². The van der Waals surface area contributed by atoms with Crippen molar-refractivity contribution in [2.45, 2.75) is 6.92 Å². The summed E-state index contributed by atoms with van der Waals surface area (Å²) in [5.41, 5.74) is 10.4. The minimum atomic E-state index is 0.644. The lowest BCUT2D eigenvalue weighted by molar-refractivity contribution is 1.18. The van der Waals surface area contributed by atoms with Gasteiger partial charge >= 0.3 is 0 Å². The van der Waals surface area contributed by atoms with Crippen molar-refractivity contribution < 1.29 is 0 Å². The van der Waals surface area contributed by atoms with Crippen LogP contribution >= 0.6 is 0 Å². The Hall–Kier alpha value is -7.28. The maximum Gasteiger partial charge on any atom is 0.0992 e. The van der Waals surface area contributed by atoms with Crippen molar-refractivity contribution in [3.63, 3.8) is 0 Å². The number of nitrogens with zero attached hydrogens (tertiary/aromatic N) is 3. The second-order valence-electron chi connectivity index (χ2n) is 14.0. The molecule has 0 aliphatic carbocycles. The summed E-state index contributed by atoms with van der Waals surface area (Å²) in [4.78, 5) is 4.59. The Balaban J connectivity index is 1.10. The molecule has 0 N–H and O–H groups in total. The van der Waals surface area contributed by atoms with Crippen LogP contribution in [0.5, 0.6) is 0 Å². The SMILES string of the molecule is C=N/C(=C\C=C(/C)c1ccc2c3ccc(C#N)cc3n(-c3ccccc3)c2c1)c1ccc2ccc3c(-c4cccc5ccccc45)ccc4ccc1c2c43. The molecule has 252 valence electrons. The van der Waals surface area contributed by atoms with Crippen LogP contribution in [0, 0.1) is 11.3 Å². The van der Waals surface area contributed by atoms with Gasteiger partial charge in [0.05, 0.1) is 28.4 Å². The molecule has 0 fully saturated rings. The predicted octanol–water partition coefficient (Wildman–Crippen LogP) is 13.5. The van der Waals surface area contributed by atoms with Crippen LogP contribution in [0.4, 0.5) is 0 Å². The minimum absolute atomic E-state index is 0.644. The Kier molecular flexibility index (Phi) is 7.25. The Labute approximate surface area is 313 Å². The van der Waals surface area contributed by atoms with Gasteiger partial charge in [0.25, 0.3) is 0 Å². The molecule has 10 aromatic rings. The first kappa shape index (κ1) is 31.5. The number of fused-ring (bicyclic) bond motifs is 4. The molecule has 0 aliphatic rings. The Bertz CT molecular complexity index is 3240. The van der Waals surface area contributed by atoms with Crippen LogP contribution in [0.25, 0.3) is 93.0 Å². The first-order valence-corrected chi connectivity index (χ1v) is 18.2. The van der Waals surface area contributed by atoms with E-state index in [2.05, 4.69) is 169 Å². The summed E-state index contributed by atoms with van der Waals surface area (Å²) < 4.78 is 2.26. The molecule has 0 bridgehead atoms. The van der Waals surface area contributed by atoms with E-state index in [0.717, 1.165) is 55.3 Å². The van der Waals surface area contributed by atoms with Crippen molar-refractivity contribution in [1.29, 1.82) is 5.26 Å². The van der Waals surface area contributed by atoms with Gasteiger partial charge in [-0.05, 0) is 115 Å². The quantitative estimate of drug-likeness (QED) is 0.0974. The molecule has 1 heterocycles. The molecule has 1 aromatic heterocycles. The van der Waals surface area contributed by atoms with Gasteiger partial charge in [0.1, 0.15) is 0 Å². The molecule has 0 atom stereocenters. The number of aromatic nitrogens is 1. The third-order valence-corrected chi connectivity index (χ3v) is 11.0. The number of aliphatic imine (C=N–C) groups is 1. The summed E-state index contributed by atoms with van der Waals surface area (Å²) in [5, 5.41) is 21.8. The largest absolute Gasteiger partial charge is 0.309 e. The van der Waals surface area contributed by atoms with E-state index in [9.17, 15) is 5.26 Å². The molecule has 0 radical (unpaired) electrons. The summed E-state index contributed by atoms with van der Waals surface area (Å²) >= 11 is 0. The minimum Gasteiger partial charge on any atom is -0.309 e. The maximum atomic E-state index is 9.69. The summed E-state index contributed by atoms with van der Waals surface area (Å²) in [5.74, 6) is 0. The molecule has 0 amide bonds. The van der Waals surface area contributed by atoms with E-state index in [0.29, 0.717) is 5.56 Å². The highest BCUT2D eigenvalue weighted by molar-refractivity contribution is 6.27. The second-order valence-corrected chi connectivity index (χ2v) is 14.0. The van der Waals surface area contributed by atoms with E-state index >= 15 is 0 Å². The summed E-state index contributed by atoms with van der Waals surface area (Å²) in [6, 6.07) is 58.4. The smallest absolute Gasteiger partial charge is 0.0992 e. The van der Waals surface area contributed by atoms with Gasteiger partial charge in [-0.25, -0.2) is 0 Å². The molecular formula is C51H33N3. The van der Waals surface area contributed by atoms with Crippen molar-refractivity contribution >= 4 is 82.9 Å². The van der Waals surface area contributed by atoms with Crippen molar-refractivity contribution in [2.75, 3.05) is 0 Å². The van der Waals surface area contributed by atoms with Gasteiger partial charge in [-0.15, -0.1) is 0 Å². The molecule has 0 saturated carbocycles. The third kappa shape index (κ3) is 4.85. The van der Waals surface area contributed by atoms with Gasteiger partial charge in [-0.1, -0.05) is 133 Å². The molecule has 3 heteroatoms. The number of hydrogen-bond donors (Lipinski definition) is 0. The molecule has 0 unspecified atom stereocenters. The fraction of sp³-hybridized carbons (Fsp3) is 0.0196. The van der Waals surface area contributed by atoms with Crippen LogP contribution in [0.1, 0.15) is 23.6 Å². The number of para-hydroxylation sites is 1. The van der Waals surface area contributed by atoms with Crippen LogP contribution in [0.15, 0.2) is 175 Å². The normalized spacial score (nSPS) is 12.4. The van der Waals surface area contributed by atoms with Crippen LogP contribution in [-0.2, 0) is 0 Å². The average molecular weight is 688 g/mol. The fourth-order valence-electron chi connectivity index (χ4n) is 8.44. The van der Waals surface area contributed by atoms with Crippen LogP contribution in [0.3, 0.4) is 0 Å². The lowest BCUT2D eigenvalue weighted by Gasteiger charge is -2.17. The summed E-state index contributed by atoms with van der Waals surface area (Å²) in [7, 11) is 0. The first-order chi connectivity index (χ1) is 26.6. The monoisotopic (exact) mass is 687 g/mol. The third-order valence-electron chi connectivity index (χ3n) is 11.0. The van der Waals surface area contributed by atoms with E-state index in [-0.39, 0.29) is 0 Å². The van der Waals surface area contributed by atoms with Crippen molar-refractivity contribution in [3.05, 3.63) is 187 Å². The molecule has 0 spiro atoms. The summed E-state index contributed by atoms with van der Waals surface area (Å²) in [6.07, 6.45) is 4.23. The number of allylic oxidation sites excluding steroid dienone is 3. The van der Waals surface area contributed by atoms with Gasteiger partial charge in [0.15, 0.2) is 0 Å². The molecule has 54 heavy (non-hydrogen) atoms. The van der Waals surface area contributed by atoms with Gasteiger partial charge in [-0.2, -0.15) is 5.26 Å². The van der Waals surface area contributed by atoms with Gasteiger partial charge in [-0.3, -0.25) is 4.99 Å². The lowest BCUT2D eigenvalue weighted by atomic mass is 9.87. The van der Waals surface area contributed by atoms with E-state index in [1.54, 1.807) is 0 Å². The number of rotatable bonds is 6. The van der Waals surface area contributed by atoms with E-state index in [1.165, 1.54) is 48.8 Å². The highest BCUT2D eigenvalue weighted by Crippen LogP contribution is 2.43. The lowest BCUT2D eigenvalue weighted by Crippen LogP contribution is -1.94. The van der Waals surface area contributed by atoms with Gasteiger partial charge < -0.3 is 4.57 Å². The average Bonchev–Trinajstić information content (AvgIpc) is 3.56. The Morgan fingerprint density at radius 2 is 1.22 bits per heavy atom. The zero-order valence-corrected chi connectivity index (χ0v) is 29.7. The maximum absolute atomic E-state index is 9.69. The Morgan fingerprint density at radius 3 is 2.04 bits per heavy atom. The highest BCUT2D eigenvalue weighted by Gasteiger charge is 2.17. The number of benzene rings is 9. The molecule has 10 rings (SSSR count). The molecule has 3 nitrogen and oxygen atoms in total. The predicted molar refractivity (Wildman–Crippen MR) is 230 cm³/mol. The molecular weight excluding hydrogens is 655 g/mol. The Morgan fingerprint density at radius 1 is 0.574 bits per heavy atom. The van der Waals surface area contributed by atoms with Crippen LogP contribution in [-0.4, -0.2) is 11.3 Å². The molecule has 0 saturated heterocycles. The van der Waals surface area contributed by atoms with Crippen molar-refractivity contribution in [2.24, 2.45) is 4.99 Å². The zero-order valence-electron chi connectivity index (χ0n) is 29.7. The zero-order chi connectivity index (χ0) is 36.3. The van der Waals surface area contributed by atoms with E-state index < -0.39 is 0 Å². The number of nitriles is 1. The van der Waals surface area contributed by atoms with Crippen LogP contribution < -0.4 is 0 Å². The first-order valence-electron chi connectivity index (χ1n) is 18.2.